The first-order chi connectivity index (χ1) is 14.8. The molecule has 0 saturated carbocycles. The highest BCUT2D eigenvalue weighted by molar-refractivity contribution is 7.92. The standard InChI is InChI=1S/C24H24N4O2S/c1-16-9-12-19(13-10-16)15-25-23-24(27-21-7-5-4-6-20(21)26-23)28-31(29,30)22-14-17(2)8-11-18(22)3/h4-14H,15H2,1-3H3,(H,25,26)(H,27,28). The van der Waals surface area contributed by atoms with Crippen molar-refractivity contribution < 1.29 is 8.42 Å². The van der Waals surface area contributed by atoms with E-state index >= 15 is 0 Å². The molecule has 0 fully saturated rings. The number of rotatable bonds is 6. The number of fused-ring (bicyclic) bond motifs is 1. The lowest BCUT2D eigenvalue weighted by atomic mass is 10.1. The van der Waals surface area contributed by atoms with Crippen LogP contribution in [0.1, 0.15) is 22.3 Å². The lowest BCUT2D eigenvalue weighted by molar-refractivity contribution is 0.600. The summed E-state index contributed by atoms with van der Waals surface area (Å²) in [6.45, 7) is 6.16. The summed E-state index contributed by atoms with van der Waals surface area (Å²) in [7, 11) is -3.84. The van der Waals surface area contributed by atoms with Crippen molar-refractivity contribution in [3.05, 3.63) is 89.0 Å². The van der Waals surface area contributed by atoms with Gasteiger partial charge in [-0.25, -0.2) is 18.4 Å². The number of para-hydroxylation sites is 2. The number of aryl methyl sites for hydroxylation is 3. The Labute approximate surface area is 182 Å². The van der Waals surface area contributed by atoms with E-state index in [1.165, 1.54) is 5.56 Å². The molecule has 0 unspecified atom stereocenters. The molecule has 0 aliphatic rings. The summed E-state index contributed by atoms with van der Waals surface area (Å²) < 4.78 is 29.0. The summed E-state index contributed by atoms with van der Waals surface area (Å²) in [6.07, 6.45) is 0. The highest BCUT2D eigenvalue weighted by Crippen LogP contribution is 2.26. The Morgan fingerprint density at radius 2 is 1.39 bits per heavy atom. The molecule has 0 aliphatic carbocycles. The first kappa shape index (κ1) is 20.8. The molecular weight excluding hydrogens is 408 g/mol. The van der Waals surface area contributed by atoms with E-state index < -0.39 is 10.0 Å². The Morgan fingerprint density at radius 1 is 0.774 bits per heavy atom. The maximum atomic E-state index is 13.2. The van der Waals surface area contributed by atoms with Crippen LogP contribution in [-0.2, 0) is 16.6 Å². The fraction of sp³-hybridized carbons (Fsp3) is 0.167. The SMILES string of the molecule is Cc1ccc(CNc2nc3ccccc3nc2NS(=O)(=O)c2cc(C)ccc2C)cc1. The molecule has 3 aromatic carbocycles. The molecule has 0 atom stereocenters. The zero-order valence-electron chi connectivity index (χ0n) is 17.7. The van der Waals surface area contributed by atoms with Crippen LogP contribution in [0.2, 0.25) is 0 Å². The maximum Gasteiger partial charge on any atom is 0.263 e. The average molecular weight is 433 g/mol. The first-order valence-corrected chi connectivity index (χ1v) is 11.5. The minimum absolute atomic E-state index is 0.173. The van der Waals surface area contributed by atoms with Crippen molar-refractivity contribution in [1.82, 2.24) is 9.97 Å². The van der Waals surface area contributed by atoms with Crippen LogP contribution >= 0.6 is 0 Å². The molecule has 0 aliphatic heterocycles. The number of nitrogens with one attached hydrogen (secondary N) is 2. The summed E-state index contributed by atoms with van der Waals surface area (Å²) in [5, 5.41) is 3.24. The molecule has 7 heteroatoms. The Hall–Kier alpha value is -3.45. The van der Waals surface area contributed by atoms with Gasteiger partial charge in [-0.2, -0.15) is 0 Å². The van der Waals surface area contributed by atoms with Gasteiger partial charge in [0.1, 0.15) is 0 Å². The Kier molecular flexibility index (Phi) is 5.61. The van der Waals surface area contributed by atoms with E-state index in [0.717, 1.165) is 11.1 Å². The molecular formula is C24H24N4O2S. The van der Waals surface area contributed by atoms with Crippen molar-refractivity contribution in [3.63, 3.8) is 0 Å². The third-order valence-electron chi connectivity index (χ3n) is 5.02. The third-order valence-corrected chi connectivity index (χ3v) is 6.50. The number of aromatic nitrogens is 2. The molecule has 0 bridgehead atoms. The van der Waals surface area contributed by atoms with Crippen molar-refractivity contribution in [2.24, 2.45) is 0 Å². The monoisotopic (exact) mass is 432 g/mol. The van der Waals surface area contributed by atoms with Crippen LogP contribution in [0, 0.1) is 20.8 Å². The molecule has 4 rings (SSSR count). The van der Waals surface area contributed by atoms with Crippen LogP contribution in [0.3, 0.4) is 0 Å². The molecule has 158 valence electrons. The Bertz CT molecular complexity index is 1350. The van der Waals surface area contributed by atoms with Gasteiger partial charge < -0.3 is 5.32 Å². The number of hydrogen-bond donors (Lipinski definition) is 2. The second-order valence-corrected chi connectivity index (χ2v) is 9.27. The van der Waals surface area contributed by atoms with Crippen LogP contribution in [0.15, 0.2) is 71.6 Å². The van der Waals surface area contributed by atoms with Gasteiger partial charge in [0.15, 0.2) is 11.6 Å². The van der Waals surface area contributed by atoms with Gasteiger partial charge in [-0.3, -0.25) is 4.72 Å². The van der Waals surface area contributed by atoms with Crippen molar-refractivity contribution in [2.45, 2.75) is 32.2 Å². The number of anilines is 2. The second-order valence-electron chi connectivity index (χ2n) is 7.62. The van der Waals surface area contributed by atoms with Gasteiger partial charge >= 0.3 is 0 Å². The lowest BCUT2D eigenvalue weighted by Gasteiger charge is -2.15. The number of benzene rings is 3. The molecule has 6 nitrogen and oxygen atoms in total. The minimum Gasteiger partial charge on any atom is -0.363 e. The third kappa shape index (κ3) is 4.67. The molecule has 1 heterocycles. The zero-order valence-corrected chi connectivity index (χ0v) is 18.5. The fourth-order valence-corrected chi connectivity index (χ4v) is 4.61. The molecule has 0 radical (unpaired) electrons. The van der Waals surface area contributed by atoms with Crippen molar-refractivity contribution >= 4 is 32.7 Å². The van der Waals surface area contributed by atoms with Crippen molar-refractivity contribution in [2.75, 3.05) is 10.0 Å². The van der Waals surface area contributed by atoms with Crippen LogP contribution in [0.25, 0.3) is 11.0 Å². The quantitative estimate of drug-likeness (QED) is 0.449. The molecule has 0 amide bonds. The number of hydrogen-bond acceptors (Lipinski definition) is 5. The second kappa shape index (κ2) is 8.35. The highest BCUT2D eigenvalue weighted by Gasteiger charge is 2.21. The predicted molar refractivity (Wildman–Crippen MR) is 125 cm³/mol. The molecule has 0 spiro atoms. The average Bonchev–Trinajstić information content (AvgIpc) is 2.74. The molecule has 4 aromatic rings. The lowest BCUT2D eigenvalue weighted by Crippen LogP contribution is -2.17. The van der Waals surface area contributed by atoms with Gasteiger partial charge in [0.25, 0.3) is 10.0 Å². The summed E-state index contributed by atoms with van der Waals surface area (Å²) >= 11 is 0. The molecule has 31 heavy (non-hydrogen) atoms. The summed E-state index contributed by atoms with van der Waals surface area (Å²) in [5.41, 5.74) is 5.07. The van der Waals surface area contributed by atoms with E-state index in [1.54, 1.807) is 19.1 Å². The van der Waals surface area contributed by atoms with Gasteiger partial charge in [0.2, 0.25) is 0 Å². The predicted octanol–water partition coefficient (Wildman–Crippen LogP) is 4.97. The normalized spacial score (nSPS) is 11.5. The fourth-order valence-electron chi connectivity index (χ4n) is 3.27. The smallest absolute Gasteiger partial charge is 0.263 e. The van der Waals surface area contributed by atoms with Crippen molar-refractivity contribution in [1.29, 1.82) is 0 Å². The molecule has 0 saturated heterocycles. The van der Waals surface area contributed by atoms with Gasteiger partial charge in [-0.15, -0.1) is 0 Å². The van der Waals surface area contributed by atoms with E-state index in [4.69, 9.17) is 0 Å². The van der Waals surface area contributed by atoms with E-state index in [1.807, 2.05) is 68.4 Å². The minimum atomic E-state index is -3.84. The van der Waals surface area contributed by atoms with Crippen LogP contribution in [0.4, 0.5) is 11.6 Å². The van der Waals surface area contributed by atoms with Crippen LogP contribution in [0.5, 0.6) is 0 Å². The first-order valence-electron chi connectivity index (χ1n) is 9.98. The largest absolute Gasteiger partial charge is 0.363 e. The van der Waals surface area contributed by atoms with Gasteiger partial charge in [0, 0.05) is 6.54 Å². The van der Waals surface area contributed by atoms with E-state index in [9.17, 15) is 8.42 Å². The van der Waals surface area contributed by atoms with Crippen LogP contribution in [-0.4, -0.2) is 18.4 Å². The number of sulfonamides is 1. The van der Waals surface area contributed by atoms with Gasteiger partial charge in [-0.1, -0.05) is 54.1 Å². The van der Waals surface area contributed by atoms with Gasteiger partial charge in [0.05, 0.1) is 15.9 Å². The summed E-state index contributed by atoms with van der Waals surface area (Å²) in [4.78, 5) is 9.40. The summed E-state index contributed by atoms with van der Waals surface area (Å²) in [5.74, 6) is 0.555. The highest BCUT2D eigenvalue weighted by atomic mass is 32.2. The maximum absolute atomic E-state index is 13.2. The van der Waals surface area contributed by atoms with E-state index in [0.29, 0.717) is 29.0 Å². The van der Waals surface area contributed by atoms with E-state index in [2.05, 4.69) is 20.0 Å². The number of nitrogens with zero attached hydrogens (tertiary/aromatic N) is 2. The molecule has 1 aromatic heterocycles. The zero-order chi connectivity index (χ0) is 22.0. The van der Waals surface area contributed by atoms with Gasteiger partial charge in [-0.05, 0) is 55.7 Å². The molecule has 2 N–H and O–H groups in total. The van der Waals surface area contributed by atoms with Crippen LogP contribution < -0.4 is 10.0 Å². The van der Waals surface area contributed by atoms with E-state index in [-0.39, 0.29) is 10.7 Å². The Morgan fingerprint density at radius 3 is 2.06 bits per heavy atom. The topological polar surface area (TPSA) is 84.0 Å². The van der Waals surface area contributed by atoms with Crippen molar-refractivity contribution in [3.8, 4) is 0 Å². The Balaban J connectivity index is 1.72. The summed E-state index contributed by atoms with van der Waals surface area (Å²) in [6, 6.07) is 20.8.